The minimum absolute atomic E-state index is 0.187. The van der Waals surface area contributed by atoms with E-state index in [9.17, 15) is 13.2 Å². The highest BCUT2D eigenvalue weighted by molar-refractivity contribution is 7.92. The minimum atomic E-state index is -3.34. The molecule has 9 heteroatoms. The number of sulfonamides is 1. The number of nitrogens with zero attached hydrogens (tertiary/aromatic N) is 2. The van der Waals surface area contributed by atoms with Gasteiger partial charge in [-0.15, -0.1) is 0 Å². The number of carbonyl (C=O) groups excluding carboxylic acids is 1. The third kappa shape index (κ3) is 7.45. The summed E-state index contributed by atoms with van der Waals surface area (Å²) in [6.07, 6.45) is 1.01. The highest BCUT2D eigenvalue weighted by Gasteiger charge is 2.19. The fourth-order valence-corrected chi connectivity index (χ4v) is 4.08. The van der Waals surface area contributed by atoms with Gasteiger partial charge >= 0.3 is 0 Å². The summed E-state index contributed by atoms with van der Waals surface area (Å²) in [6.45, 7) is 6.59. The Hall–Kier alpha value is -2.62. The lowest BCUT2D eigenvalue weighted by molar-refractivity contribution is -0.128. The number of hydrogen-bond donors (Lipinski definition) is 1. The van der Waals surface area contributed by atoms with E-state index in [4.69, 9.17) is 9.47 Å². The van der Waals surface area contributed by atoms with Crippen LogP contribution in [0.15, 0.2) is 48.5 Å². The maximum atomic E-state index is 12.7. The lowest BCUT2D eigenvalue weighted by Gasteiger charge is -2.26. The van der Waals surface area contributed by atoms with Crippen molar-refractivity contribution < 1.29 is 22.7 Å². The van der Waals surface area contributed by atoms with Gasteiger partial charge in [-0.25, -0.2) is 8.42 Å². The van der Waals surface area contributed by atoms with E-state index in [1.807, 2.05) is 19.1 Å². The lowest BCUT2D eigenvalue weighted by Crippen LogP contribution is -2.37. The zero-order valence-electron chi connectivity index (χ0n) is 19.5. The van der Waals surface area contributed by atoms with Gasteiger partial charge in [-0.3, -0.25) is 14.0 Å². The Balaban J connectivity index is 1.54. The van der Waals surface area contributed by atoms with E-state index in [1.54, 1.807) is 24.3 Å². The Kier molecular flexibility index (Phi) is 8.71. The second-order valence-corrected chi connectivity index (χ2v) is 10.2. The molecule has 1 atom stereocenters. The number of benzene rings is 2. The molecule has 1 aliphatic heterocycles. The number of nitrogens with one attached hydrogen (secondary N) is 1. The Labute approximate surface area is 196 Å². The van der Waals surface area contributed by atoms with Crippen LogP contribution in [0.2, 0.25) is 0 Å². The maximum absolute atomic E-state index is 12.7. The predicted molar refractivity (Wildman–Crippen MR) is 129 cm³/mol. The standard InChI is InChI=1S/C24H33N3O5S/c1-4-23(32-22-10-8-21(9-11-22)26(2)33(3,29)30)24(28)25-17-19-6-5-7-20(16-19)18-27-12-14-31-15-13-27/h5-11,16,23H,4,12-15,17-18H2,1-3H3,(H,25,28)/t23-/m0/s1. The van der Waals surface area contributed by atoms with E-state index < -0.39 is 16.1 Å². The molecule has 1 aliphatic rings. The first kappa shape index (κ1) is 25.0. The van der Waals surface area contributed by atoms with E-state index in [0.717, 1.165) is 44.7 Å². The van der Waals surface area contributed by atoms with E-state index >= 15 is 0 Å². The topological polar surface area (TPSA) is 88.2 Å². The molecule has 0 unspecified atom stereocenters. The normalized spacial score (nSPS) is 15.6. The van der Waals surface area contributed by atoms with Gasteiger partial charge in [0.2, 0.25) is 10.0 Å². The van der Waals surface area contributed by atoms with Crippen molar-refractivity contribution in [3.63, 3.8) is 0 Å². The first-order valence-electron chi connectivity index (χ1n) is 11.1. The van der Waals surface area contributed by atoms with Crippen LogP contribution < -0.4 is 14.4 Å². The summed E-state index contributed by atoms with van der Waals surface area (Å²) in [7, 11) is -1.85. The molecule has 1 heterocycles. The van der Waals surface area contributed by atoms with E-state index in [-0.39, 0.29) is 5.91 Å². The molecule has 0 aliphatic carbocycles. The van der Waals surface area contributed by atoms with E-state index in [0.29, 0.717) is 24.4 Å². The highest BCUT2D eigenvalue weighted by Crippen LogP contribution is 2.21. The van der Waals surface area contributed by atoms with Crippen LogP contribution in [0.4, 0.5) is 5.69 Å². The average Bonchev–Trinajstić information content (AvgIpc) is 2.81. The summed E-state index contributed by atoms with van der Waals surface area (Å²) in [6, 6.07) is 14.9. The Bertz CT molecular complexity index is 1020. The van der Waals surface area contributed by atoms with Crippen molar-refractivity contribution in [2.45, 2.75) is 32.5 Å². The molecule has 33 heavy (non-hydrogen) atoms. The smallest absolute Gasteiger partial charge is 0.261 e. The molecule has 3 rings (SSSR count). The lowest BCUT2D eigenvalue weighted by atomic mass is 10.1. The van der Waals surface area contributed by atoms with Gasteiger partial charge < -0.3 is 14.8 Å². The summed E-state index contributed by atoms with van der Waals surface area (Å²) >= 11 is 0. The molecule has 8 nitrogen and oxygen atoms in total. The van der Waals surface area contributed by atoms with Crippen molar-refractivity contribution in [3.05, 3.63) is 59.7 Å². The SMILES string of the molecule is CC[C@H](Oc1ccc(N(C)S(C)(=O)=O)cc1)C(=O)NCc1cccc(CN2CCOCC2)c1. The van der Waals surface area contributed by atoms with Crippen LogP contribution in [-0.4, -0.2) is 64.9 Å². The molecule has 2 aromatic rings. The van der Waals surface area contributed by atoms with Gasteiger partial charge in [-0.1, -0.05) is 31.2 Å². The van der Waals surface area contributed by atoms with Crippen molar-refractivity contribution >= 4 is 21.6 Å². The second-order valence-electron chi connectivity index (χ2n) is 8.17. The first-order chi connectivity index (χ1) is 15.8. The van der Waals surface area contributed by atoms with Crippen molar-refractivity contribution in [2.75, 3.05) is 43.9 Å². The van der Waals surface area contributed by atoms with Gasteiger partial charge in [-0.2, -0.15) is 0 Å². The molecule has 0 saturated carbocycles. The highest BCUT2D eigenvalue weighted by atomic mass is 32.2. The van der Waals surface area contributed by atoms with Crippen molar-refractivity contribution in [2.24, 2.45) is 0 Å². The van der Waals surface area contributed by atoms with Crippen LogP contribution in [0, 0.1) is 0 Å². The number of hydrogen-bond acceptors (Lipinski definition) is 6. The fourth-order valence-electron chi connectivity index (χ4n) is 3.57. The summed E-state index contributed by atoms with van der Waals surface area (Å²) in [5.74, 6) is 0.323. The zero-order valence-corrected chi connectivity index (χ0v) is 20.3. The molecule has 2 aromatic carbocycles. The molecule has 0 radical (unpaired) electrons. The van der Waals surface area contributed by atoms with Gasteiger partial charge in [0.25, 0.3) is 5.91 Å². The van der Waals surface area contributed by atoms with E-state index in [2.05, 4.69) is 22.3 Å². The number of anilines is 1. The van der Waals surface area contributed by atoms with Crippen molar-refractivity contribution in [1.82, 2.24) is 10.2 Å². The van der Waals surface area contributed by atoms with Gasteiger partial charge in [0.1, 0.15) is 5.75 Å². The molecule has 0 spiro atoms. The molecule has 0 bridgehead atoms. The molecule has 180 valence electrons. The Morgan fingerprint density at radius 3 is 2.45 bits per heavy atom. The number of carbonyl (C=O) groups is 1. The van der Waals surface area contributed by atoms with Crippen LogP contribution in [0.5, 0.6) is 5.75 Å². The number of rotatable bonds is 10. The number of amides is 1. The molecule has 1 saturated heterocycles. The monoisotopic (exact) mass is 475 g/mol. The van der Waals surface area contributed by atoms with Gasteiger partial charge in [0.05, 0.1) is 25.2 Å². The van der Waals surface area contributed by atoms with Crippen molar-refractivity contribution in [1.29, 1.82) is 0 Å². The van der Waals surface area contributed by atoms with Crippen LogP contribution in [0.25, 0.3) is 0 Å². The zero-order chi connectivity index (χ0) is 23.8. The second kappa shape index (κ2) is 11.5. The van der Waals surface area contributed by atoms with Crippen LogP contribution >= 0.6 is 0 Å². The summed E-state index contributed by atoms with van der Waals surface area (Å²) < 4.78 is 35.8. The summed E-state index contributed by atoms with van der Waals surface area (Å²) in [4.78, 5) is 15.1. The predicted octanol–water partition coefficient (Wildman–Crippen LogP) is 2.39. The third-order valence-corrected chi connectivity index (χ3v) is 6.81. The number of morpholine rings is 1. The van der Waals surface area contributed by atoms with Crippen molar-refractivity contribution in [3.8, 4) is 5.75 Å². The molecular formula is C24H33N3O5S. The largest absolute Gasteiger partial charge is 0.481 e. The summed E-state index contributed by atoms with van der Waals surface area (Å²) in [5, 5.41) is 2.97. The number of ether oxygens (including phenoxy) is 2. The quantitative estimate of drug-likeness (QED) is 0.568. The Morgan fingerprint density at radius 1 is 1.15 bits per heavy atom. The van der Waals surface area contributed by atoms with E-state index in [1.165, 1.54) is 16.9 Å². The van der Waals surface area contributed by atoms with Crippen LogP contribution in [-0.2, 0) is 32.6 Å². The van der Waals surface area contributed by atoms with Crippen LogP contribution in [0.3, 0.4) is 0 Å². The van der Waals surface area contributed by atoms with Gasteiger partial charge in [0, 0.05) is 33.2 Å². The molecule has 1 fully saturated rings. The van der Waals surface area contributed by atoms with Gasteiger partial charge in [-0.05, 0) is 41.8 Å². The summed E-state index contributed by atoms with van der Waals surface area (Å²) in [5.41, 5.74) is 2.78. The Morgan fingerprint density at radius 2 is 1.82 bits per heavy atom. The third-order valence-electron chi connectivity index (χ3n) is 5.61. The molecule has 1 N–H and O–H groups in total. The van der Waals surface area contributed by atoms with Crippen LogP contribution in [0.1, 0.15) is 24.5 Å². The molecule has 0 aromatic heterocycles. The maximum Gasteiger partial charge on any atom is 0.261 e. The molecular weight excluding hydrogens is 442 g/mol. The fraction of sp³-hybridized carbons (Fsp3) is 0.458. The van der Waals surface area contributed by atoms with Gasteiger partial charge in [0.15, 0.2) is 6.10 Å². The molecule has 1 amide bonds. The first-order valence-corrected chi connectivity index (χ1v) is 13.0. The minimum Gasteiger partial charge on any atom is -0.481 e. The average molecular weight is 476 g/mol.